The van der Waals surface area contributed by atoms with Gasteiger partial charge < -0.3 is 10.5 Å². The van der Waals surface area contributed by atoms with E-state index in [2.05, 4.69) is 10.2 Å². The summed E-state index contributed by atoms with van der Waals surface area (Å²) in [6.45, 7) is 2.69. The Morgan fingerprint density at radius 2 is 2.25 bits per heavy atom. The van der Waals surface area contributed by atoms with Gasteiger partial charge in [0, 0.05) is 12.0 Å². The van der Waals surface area contributed by atoms with Crippen molar-refractivity contribution in [3.8, 4) is 5.88 Å². The van der Waals surface area contributed by atoms with E-state index in [0.29, 0.717) is 18.3 Å². The Bertz CT molecular complexity index is 343. The van der Waals surface area contributed by atoms with Crippen LogP contribution in [-0.2, 0) is 0 Å². The van der Waals surface area contributed by atoms with Crippen molar-refractivity contribution in [3.63, 3.8) is 0 Å². The van der Waals surface area contributed by atoms with E-state index in [0.717, 1.165) is 12.0 Å². The second-order valence-electron chi connectivity index (χ2n) is 4.51. The van der Waals surface area contributed by atoms with Crippen LogP contribution < -0.4 is 10.5 Å². The lowest BCUT2D eigenvalue weighted by Gasteiger charge is -2.30. The highest BCUT2D eigenvalue weighted by Crippen LogP contribution is 2.27. The molecule has 2 atom stereocenters. The Labute approximate surface area is 96.2 Å². The zero-order chi connectivity index (χ0) is 11.4. The molecule has 2 rings (SSSR count). The number of aromatic nitrogens is 2. The van der Waals surface area contributed by atoms with E-state index in [1.165, 1.54) is 19.3 Å². The molecule has 16 heavy (non-hydrogen) atoms. The summed E-state index contributed by atoms with van der Waals surface area (Å²) in [6, 6.07) is 1.93. The average Bonchev–Trinajstić information content (AvgIpc) is 2.30. The molecule has 0 radical (unpaired) electrons. The smallest absolute Gasteiger partial charge is 0.233 e. The van der Waals surface area contributed by atoms with Crippen molar-refractivity contribution < 1.29 is 4.74 Å². The molecule has 88 valence electrons. The van der Waals surface area contributed by atoms with Crippen LogP contribution in [0.5, 0.6) is 5.88 Å². The van der Waals surface area contributed by atoms with Crippen molar-refractivity contribution in [1.82, 2.24) is 10.2 Å². The second kappa shape index (κ2) is 5.25. The average molecular weight is 221 g/mol. The molecule has 0 aliphatic heterocycles. The molecule has 4 heteroatoms. The fraction of sp³-hybridized carbons (Fsp3) is 0.667. The molecule has 0 amide bonds. The normalized spacial score (nSPS) is 25.4. The van der Waals surface area contributed by atoms with Gasteiger partial charge in [0.2, 0.25) is 5.88 Å². The van der Waals surface area contributed by atoms with Crippen LogP contribution in [0, 0.1) is 12.8 Å². The lowest BCUT2D eigenvalue weighted by molar-refractivity contribution is 0.0911. The van der Waals surface area contributed by atoms with Crippen molar-refractivity contribution in [3.05, 3.63) is 17.8 Å². The van der Waals surface area contributed by atoms with Gasteiger partial charge in [-0.3, -0.25) is 0 Å². The fourth-order valence-corrected chi connectivity index (χ4v) is 2.25. The van der Waals surface area contributed by atoms with Gasteiger partial charge in [-0.1, -0.05) is 6.42 Å². The molecule has 1 aliphatic rings. The standard InChI is InChI=1S/C12H19N3O/c1-9-6-12(15-14-8-9)16-11-5-3-2-4-10(11)7-13/h6,8,10-11H,2-5,7,13H2,1H3. The van der Waals surface area contributed by atoms with Gasteiger partial charge in [0.1, 0.15) is 6.10 Å². The zero-order valence-electron chi connectivity index (χ0n) is 9.72. The summed E-state index contributed by atoms with van der Waals surface area (Å²) in [6.07, 6.45) is 6.68. The van der Waals surface area contributed by atoms with Crippen molar-refractivity contribution in [2.45, 2.75) is 38.7 Å². The van der Waals surface area contributed by atoms with E-state index in [9.17, 15) is 0 Å². The number of nitrogens with zero attached hydrogens (tertiary/aromatic N) is 2. The quantitative estimate of drug-likeness (QED) is 0.843. The number of aryl methyl sites for hydroxylation is 1. The molecular weight excluding hydrogens is 202 g/mol. The Morgan fingerprint density at radius 3 is 3.00 bits per heavy atom. The van der Waals surface area contributed by atoms with E-state index in [1.54, 1.807) is 6.20 Å². The molecule has 0 bridgehead atoms. The van der Waals surface area contributed by atoms with Crippen LogP contribution in [0.25, 0.3) is 0 Å². The third kappa shape index (κ3) is 2.70. The SMILES string of the molecule is Cc1cnnc(OC2CCCCC2CN)c1. The third-order valence-electron chi connectivity index (χ3n) is 3.18. The van der Waals surface area contributed by atoms with Crippen molar-refractivity contribution in [2.24, 2.45) is 11.7 Å². The van der Waals surface area contributed by atoms with Crippen LogP contribution >= 0.6 is 0 Å². The summed E-state index contributed by atoms with van der Waals surface area (Å²) in [5.74, 6) is 1.10. The van der Waals surface area contributed by atoms with Gasteiger partial charge in [-0.15, -0.1) is 5.10 Å². The first-order valence-corrected chi connectivity index (χ1v) is 5.95. The highest BCUT2D eigenvalue weighted by molar-refractivity contribution is 5.15. The van der Waals surface area contributed by atoms with Crippen LogP contribution in [0.3, 0.4) is 0 Å². The zero-order valence-corrected chi connectivity index (χ0v) is 9.72. The molecule has 2 N–H and O–H groups in total. The topological polar surface area (TPSA) is 61.0 Å². The van der Waals surface area contributed by atoms with E-state index in [-0.39, 0.29) is 6.10 Å². The van der Waals surface area contributed by atoms with Gasteiger partial charge in [0.15, 0.2) is 0 Å². The van der Waals surface area contributed by atoms with E-state index < -0.39 is 0 Å². The Kier molecular flexibility index (Phi) is 3.72. The molecular formula is C12H19N3O. The molecule has 1 heterocycles. The monoisotopic (exact) mass is 221 g/mol. The van der Waals surface area contributed by atoms with Gasteiger partial charge in [-0.2, -0.15) is 5.10 Å². The summed E-state index contributed by atoms with van der Waals surface area (Å²) in [7, 11) is 0. The van der Waals surface area contributed by atoms with Crippen LogP contribution in [0.4, 0.5) is 0 Å². The molecule has 4 nitrogen and oxygen atoms in total. The molecule has 1 aromatic rings. The van der Waals surface area contributed by atoms with Crippen molar-refractivity contribution >= 4 is 0 Å². The minimum atomic E-state index is 0.217. The van der Waals surface area contributed by atoms with Gasteiger partial charge in [0.05, 0.1) is 6.20 Å². The molecule has 0 saturated heterocycles. The minimum Gasteiger partial charge on any atom is -0.473 e. The maximum Gasteiger partial charge on any atom is 0.233 e. The summed E-state index contributed by atoms with van der Waals surface area (Å²) >= 11 is 0. The number of hydrogen-bond donors (Lipinski definition) is 1. The highest BCUT2D eigenvalue weighted by atomic mass is 16.5. The Morgan fingerprint density at radius 1 is 1.44 bits per heavy atom. The van der Waals surface area contributed by atoms with E-state index in [4.69, 9.17) is 10.5 Å². The first kappa shape index (κ1) is 11.3. The molecule has 1 aliphatic carbocycles. The lowest BCUT2D eigenvalue weighted by Crippen LogP contribution is -2.35. The molecule has 1 aromatic heterocycles. The van der Waals surface area contributed by atoms with Gasteiger partial charge in [0.25, 0.3) is 0 Å². The van der Waals surface area contributed by atoms with Crippen LogP contribution in [0.15, 0.2) is 12.3 Å². The summed E-state index contributed by atoms with van der Waals surface area (Å²) in [5, 5.41) is 7.88. The molecule has 1 fully saturated rings. The lowest BCUT2D eigenvalue weighted by atomic mass is 9.86. The maximum atomic E-state index is 5.89. The summed E-state index contributed by atoms with van der Waals surface area (Å²) in [4.78, 5) is 0. The Hall–Kier alpha value is -1.16. The highest BCUT2D eigenvalue weighted by Gasteiger charge is 2.25. The van der Waals surface area contributed by atoms with Gasteiger partial charge in [-0.05, 0) is 38.3 Å². The number of hydrogen-bond acceptors (Lipinski definition) is 4. The predicted molar refractivity (Wildman–Crippen MR) is 62.2 cm³/mol. The summed E-state index contributed by atoms with van der Waals surface area (Å²) in [5.41, 5.74) is 6.84. The molecule has 0 aromatic carbocycles. The first-order valence-electron chi connectivity index (χ1n) is 5.95. The van der Waals surface area contributed by atoms with E-state index >= 15 is 0 Å². The predicted octanol–water partition coefficient (Wildman–Crippen LogP) is 1.68. The van der Waals surface area contributed by atoms with Crippen LogP contribution in [0.2, 0.25) is 0 Å². The minimum absolute atomic E-state index is 0.217. The molecule has 2 unspecified atom stereocenters. The Balaban J connectivity index is 2.02. The van der Waals surface area contributed by atoms with Crippen molar-refractivity contribution in [1.29, 1.82) is 0 Å². The second-order valence-corrected chi connectivity index (χ2v) is 4.51. The number of ether oxygens (including phenoxy) is 1. The number of nitrogens with two attached hydrogens (primary N) is 1. The van der Waals surface area contributed by atoms with E-state index in [1.807, 2.05) is 13.0 Å². The molecule has 0 spiro atoms. The van der Waals surface area contributed by atoms with Gasteiger partial charge in [-0.25, -0.2) is 0 Å². The first-order chi connectivity index (χ1) is 7.79. The summed E-state index contributed by atoms with van der Waals surface area (Å²) < 4.78 is 5.89. The third-order valence-corrected chi connectivity index (χ3v) is 3.18. The van der Waals surface area contributed by atoms with Crippen LogP contribution in [-0.4, -0.2) is 22.8 Å². The van der Waals surface area contributed by atoms with Crippen molar-refractivity contribution in [2.75, 3.05) is 6.54 Å². The maximum absolute atomic E-state index is 5.89. The fourth-order valence-electron chi connectivity index (χ4n) is 2.25. The van der Waals surface area contributed by atoms with Gasteiger partial charge >= 0.3 is 0 Å². The molecule has 1 saturated carbocycles. The number of rotatable bonds is 3. The van der Waals surface area contributed by atoms with Crippen LogP contribution in [0.1, 0.15) is 31.2 Å². The largest absolute Gasteiger partial charge is 0.473 e.